The fourth-order valence-corrected chi connectivity index (χ4v) is 4.04. The average Bonchev–Trinajstić information content (AvgIpc) is 2.93. The highest BCUT2D eigenvalue weighted by Gasteiger charge is 2.22. The molecule has 0 spiro atoms. The Hall–Kier alpha value is -1.93. The summed E-state index contributed by atoms with van der Waals surface area (Å²) in [5.41, 5.74) is 1.84. The van der Waals surface area contributed by atoms with Gasteiger partial charge in [-0.1, -0.05) is 40.8 Å². The Morgan fingerprint density at radius 3 is 2.50 bits per heavy atom. The van der Waals surface area contributed by atoms with Crippen molar-refractivity contribution in [1.29, 1.82) is 0 Å². The summed E-state index contributed by atoms with van der Waals surface area (Å²) < 4.78 is 0.755. The lowest BCUT2D eigenvalue weighted by Gasteiger charge is -2.20. The standard InChI is InChI=1S/C16H20N4O2S2/c1-10-5-7-13(8-6-10)17-14(21)9-20(4)15(22)11(2)23-16-19-18-12(3)24-16/h5-8,11H,9H2,1-4H3,(H,17,21)/t11-/m1/s1. The summed E-state index contributed by atoms with van der Waals surface area (Å²) in [6.07, 6.45) is 0. The molecule has 0 saturated carbocycles. The van der Waals surface area contributed by atoms with E-state index < -0.39 is 0 Å². The summed E-state index contributed by atoms with van der Waals surface area (Å²) in [5.74, 6) is -0.342. The summed E-state index contributed by atoms with van der Waals surface area (Å²) in [7, 11) is 1.62. The van der Waals surface area contributed by atoms with E-state index in [9.17, 15) is 9.59 Å². The highest BCUT2D eigenvalue weighted by molar-refractivity contribution is 8.02. The van der Waals surface area contributed by atoms with Crippen molar-refractivity contribution in [3.05, 3.63) is 34.8 Å². The number of hydrogen-bond donors (Lipinski definition) is 1. The van der Waals surface area contributed by atoms with Gasteiger partial charge >= 0.3 is 0 Å². The molecular formula is C16H20N4O2S2. The molecule has 24 heavy (non-hydrogen) atoms. The molecule has 1 atom stereocenters. The molecule has 0 aliphatic heterocycles. The Labute approximate surface area is 149 Å². The number of likely N-dealkylation sites (N-methyl/N-ethyl adjacent to an activating group) is 1. The van der Waals surface area contributed by atoms with Crippen LogP contribution in [-0.4, -0.2) is 45.8 Å². The van der Waals surface area contributed by atoms with Crippen LogP contribution in [0.5, 0.6) is 0 Å². The number of anilines is 1. The molecule has 2 amide bonds. The van der Waals surface area contributed by atoms with E-state index in [4.69, 9.17) is 0 Å². The lowest BCUT2D eigenvalue weighted by molar-refractivity contribution is -0.132. The lowest BCUT2D eigenvalue weighted by Crippen LogP contribution is -2.38. The third-order valence-corrected chi connectivity index (χ3v) is 5.24. The molecule has 6 nitrogen and oxygen atoms in total. The normalized spacial score (nSPS) is 11.8. The minimum absolute atomic E-state index is 0.00670. The van der Waals surface area contributed by atoms with Gasteiger partial charge in [0.1, 0.15) is 5.01 Å². The number of aryl methyl sites for hydroxylation is 2. The van der Waals surface area contributed by atoms with Crippen molar-refractivity contribution in [3.8, 4) is 0 Å². The van der Waals surface area contributed by atoms with Gasteiger partial charge in [-0.15, -0.1) is 10.2 Å². The Kier molecular flexibility index (Phi) is 6.33. The molecule has 0 bridgehead atoms. The summed E-state index contributed by atoms with van der Waals surface area (Å²) in [4.78, 5) is 25.9. The number of carbonyl (C=O) groups excluding carboxylic acids is 2. The molecule has 2 rings (SSSR count). The van der Waals surface area contributed by atoms with E-state index >= 15 is 0 Å². The van der Waals surface area contributed by atoms with Crippen molar-refractivity contribution in [2.45, 2.75) is 30.4 Å². The van der Waals surface area contributed by atoms with Crippen molar-refractivity contribution in [3.63, 3.8) is 0 Å². The van der Waals surface area contributed by atoms with Gasteiger partial charge < -0.3 is 10.2 Å². The van der Waals surface area contributed by atoms with Crippen LogP contribution in [0.3, 0.4) is 0 Å². The van der Waals surface area contributed by atoms with Gasteiger partial charge in [-0.2, -0.15) is 0 Å². The molecule has 1 aromatic carbocycles. The van der Waals surface area contributed by atoms with Crippen LogP contribution in [0.15, 0.2) is 28.6 Å². The molecule has 0 saturated heterocycles. The first-order chi connectivity index (χ1) is 11.3. The zero-order chi connectivity index (χ0) is 17.7. The number of carbonyl (C=O) groups is 2. The van der Waals surface area contributed by atoms with E-state index in [1.54, 1.807) is 14.0 Å². The van der Waals surface area contributed by atoms with E-state index in [-0.39, 0.29) is 23.6 Å². The first-order valence-corrected chi connectivity index (χ1v) is 9.13. The van der Waals surface area contributed by atoms with E-state index in [0.717, 1.165) is 20.6 Å². The van der Waals surface area contributed by atoms with Crippen LogP contribution < -0.4 is 5.32 Å². The number of nitrogens with one attached hydrogen (secondary N) is 1. The monoisotopic (exact) mass is 364 g/mol. The van der Waals surface area contributed by atoms with Gasteiger partial charge in [0.2, 0.25) is 11.8 Å². The van der Waals surface area contributed by atoms with Gasteiger partial charge in [0.25, 0.3) is 0 Å². The smallest absolute Gasteiger partial charge is 0.243 e. The molecule has 128 valence electrons. The third-order valence-electron chi connectivity index (χ3n) is 3.23. The second kappa shape index (κ2) is 8.25. The van der Waals surface area contributed by atoms with Crippen LogP contribution in [0.4, 0.5) is 5.69 Å². The average molecular weight is 364 g/mol. The van der Waals surface area contributed by atoms with E-state index in [2.05, 4.69) is 15.5 Å². The summed E-state index contributed by atoms with van der Waals surface area (Å²) in [6.45, 7) is 5.66. The summed E-state index contributed by atoms with van der Waals surface area (Å²) in [6, 6.07) is 7.52. The second-order valence-corrected chi connectivity index (χ2v) is 8.23. The van der Waals surface area contributed by atoms with Crippen LogP contribution in [-0.2, 0) is 9.59 Å². The topological polar surface area (TPSA) is 75.2 Å². The van der Waals surface area contributed by atoms with Crippen molar-refractivity contribution in [2.24, 2.45) is 0 Å². The highest BCUT2D eigenvalue weighted by atomic mass is 32.2. The van der Waals surface area contributed by atoms with E-state index in [1.165, 1.54) is 28.0 Å². The molecule has 0 fully saturated rings. The number of hydrogen-bond acceptors (Lipinski definition) is 6. The van der Waals surface area contributed by atoms with Crippen molar-refractivity contribution >= 4 is 40.6 Å². The van der Waals surface area contributed by atoms with E-state index in [0.29, 0.717) is 0 Å². The quantitative estimate of drug-likeness (QED) is 0.798. The van der Waals surface area contributed by atoms with Crippen LogP contribution in [0.1, 0.15) is 17.5 Å². The maximum atomic E-state index is 12.4. The maximum absolute atomic E-state index is 12.4. The van der Waals surface area contributed by atoms with Gasteiger partial charge in [-0.3, -0.25) is 9.59 Å². The molecule has 1 aromatic heterocycles. The van der Waals surface area contributed by atoms with Crippen molar-refractivity contribution in [2.75, 3.05) is 18.9 Å². The van der Waals surface area contributed by atoms with Crippen LogP contribution in [0.25, 0.3) is 0 Å². The first kappa shape index (κ1) is 18.4. The largest absolute Gasteiger partial charge is 0.335 e. The van der Waals surface area contributed by atoms with Crippen molar-refractivity contribution in [1.82, 2.24) is 15.1 Å². The Morgan fingerprint density at radius 2 is 1.92 bits per heavy atom. The molecule has 0 radical (unpaired) electrons. The predicted octanol–water partition coefficient (Wildman–Crippen LogP) is 2.73. The number of amides is 2. The summed E-state index contributed by atoms with van der Waals surface area (Å²) in [5, 5.41) is 11.3. The number of benzene rings is 1. The summed E-state index contributed by atoms with van der Waals surface area (Å²) >= 11 is 2.81. The van der Waals surface area contributed by atoms with Gasteiger partial charge in [-0.05, 0) is 32.9 Å². The fraction of sp³-hybridized carbons (Fsp3) is 0.375. The SMILES string of the molecule is Cc1ccc(NC(=O)CN(C)C(=O)[C@@H](C)Sc2nnc(C)s2)cc1. The zero-order valence-electron chi connectivity index (χ0n) is 14.1. The number of aromatic nitrogens is 2. The fourth-order valence-electron chi connectivity index (χ4n) is 1.97. The Balaban J connectivity index is 1.85. The Morgan fingerprint density at radius 1 is 1.25 bits per heavy atom. The molecule has 1 N–H and O–H groups in total. The maximum Gasteiger partial charge on any atom is 0.243 e. The molecule has 1 heterocycles. The number of thioether (sulfide) groups is 1. The molecular weight excluding hydrogens is 344 g/mol. The van der Waals surface area contributed by atoms with Crippen LogP contribution >= 0.6 is 23.1 Å². The molecule has 0 unspecified atom stereocenters. The first-order valence-electron chi connectivity index (χ1n) is 7.43. The van der Waals surface area contributed by atoms with Crippen molar-refractivity contribution < 1.29 is 9.59 Å². The van der Waals surface area contributed by atoms with Gasteiger partial charge in [0.15, 0.2) is 4.34 Å². The van der Waals surface area contributed by atoms with Crippen LogP contribution in [0, 0.1) is 13.8 Å². The molecule has 8 heteroatoms. The minimum atomic E-state index is -0.325. The second-order valence-electron chi connectivity index (χ2n) is 5.46. The van der Waals surface area contributed by atoms with Gasteiger partial charge in [-0.25, -0.2) is 0 Å². The van der Waals surface area contributed by atoms with Gasteiger partial charge in [0, 0.05) is 12.7 Å². The van der Waals surface area contributed by atoms with Gasteiger partial charge in [0.05, 0.1) is 11.8 Å². The predicted molar refractivity (Wildman–Crippen MR) is 97.4 cm³/mol. The lowest BCUT2D eigenvalue weighted by atomic mass is 10.2. The number of rotatable bonds is 6. The minimum Gasteiger partial charge on any atom is -0.335 e. The highest BCUT2D eigenvalue weighted by Crippen LogP contribution is 2.26. The number of nitrogens with zero attached hydrogens (tertiary/aromatic N) is 3. The molecule has 0 aliphatic carbocycles. The molecule has 0 aliphatic rings. The third kappa shape index (κ3) is 5.31. The van der Waals surface area contributed by atoms with E-state index in [1.807, 2.05) is 38.1 Å². The zero-order valence-corrected chi connectivity index (χ0v) is 15.7. The van der Waals surface area contributed by atoms with Crippen LogP contribution in [0.2, 0.25) is 0 Å². The molecule has 2 aromatic rings. The Bertz CT molecular complexity index is 715.